The van der Waals surface area contributed by atoms with Crippen LogP contribution in [-0.2, 0) is 75.0 Å². The fraction of sp³-hybridized carbons (Fsp3) is 0.333. The Morgan fingerprint density at radius 3 is 1.53 bits per heavy atom. The zero-order valence-electron chi connectivity index (χ0n) is 18.5. The van der Waals surface area contributed by atoms with Crippen LogP contribution in [0.5, 0.6) is 0 Å². The number of anilines is 2. The van der Waals surface area contributed by atoms with Gasteiger partial charge in [0.2, 0.25) is 11.8 Å². The molecule has 0 atom stereocenters. The molecule has 32 heavy (non-hydrogen) atoms. The second kappa shape index (κ2) is 19.8. The summed E-state index contributed by atoms with van der Waals surface area (Å²) in [6.45, 7) is 7.26. The van der Waals surface area contributed by atoms with Crippen molar-refractivity contribution in [1.29, 1.82) is 0 Å². The van der Waals surface area contributed by atoms with E-state index >= 15 is 0 Å². The summed E-state index contributed by atoms with van der Waals surface area (Å²) in [5.41, 5.74) is 0.794. The molecule has 8 nitrogen and oxygen atoms in total. The Bertz CT molecular complexity index is 811. The summed E-state index contributed by atoms with van der Waals surface area (Å²) in [5, 5.41) is 24.9. The van der Waals surface area contributed by atoms with E-state index in [0.29, 0.717) is 24.5 Å². The molecule has 0 aliphatic rings. The largest absolute Gasteiger partial charge is 1.00 e. The Morgan fingerprint density at radius 1 is 0.906 bits per heavy atom. The third-order valence-corrected chi connectivity index (χ3v) is 5.17. The van der Waals surface area contributed by atoms with Crippen LogP contribution in [0.4, 0.5) is 11.4 Å². The number of hydrogen-bond donors (Lipinski definition) is 1. The van der Waals surface area contributed by atoms with Gasteiger partial charge in [0.05, 0.1) is 0 Å². The monoisotopic (exact) mass is 635 g/mol. The molecule has 0 bridgehead atoms. The molecule has 0 aromatic carbocycles. The number of amides is 2. The maximum atomic E-state index is 11.2. The predicted molar refractivity (Wildman–Crippen MR) is 111 cm³/mol. The summed E-state index contributed by atoms with van der Waals surface area (Å²) in [6, 6.07) is 3.01. The van der Waals surface area contributed by atoms with Crippen LogP contribution < -0.4 is 44.5 Å². The van der Waals surface area contributed by atoms with Gasteiger partial charge in [-0.1, -0.05) is 16.3 Å². The van der Waals surface area contributed by atoms with Crippen molar-refractivity contribution in [2.24, 2.45) is 0 Å². The Morgan fingerprint density at radius 2 is 1.25 bits per heavy atom. The Balaban J connectivity index is -0.000000218. The number of carboxylic acids is 2. The minimum atomic E-state index is -1.27. The van der Waals surface area contributed by atoms with Gasteiger partial charge in [-0.2, -0.15) is 12.1 Å². The van der Waals surface area contributed by atoms with Crippen LogP contribution in [0, 0.1) is 10.8 Å². The molecular weight excluding hydrogens is 616 g/mol. The molecule has 0 unspecified atom stereocenters. The molecule has 0 spiro atoms. The minimum Gasteiger partial charge on any atom is -0.559 e. The summed E-state index contributed by atoms with van der Waals surface area (Å²) in [7, 11) is 0. The van der Waals surface area contributed by atoms with Crippen molar-refractivity contribution in [3.05, 3.63) is 32.6 Å². The molecule has 0 aliphatic heterocycles. The molecule has 5 radical (unpaired) electrons. The predicted octanol–water partition coefficient (Wildman–Crippen LogP) is -1.48. The Kier molecular flexibility index (Phi) is 24.6. The smallest absolute Gasteiger partial charge is 0.559 e. The molecular formula is C18H19BN2NaO6S2Y2-2. The molecule has 0 aliphatic carbocycles. The van der Waals surface area contributed by atoms with Crippen LogP contribution in [0.3, 0.4) is 0 Å². The van der Waals surface area contributed by atoms with Crippen molar-refractivity contribution in [3.8, 4) is 0 Å². The zero-order valence-corrected chi connectivity index (χ0v) is 27.8. The van der Waals surface area contributed by atoms with Crippen molar-refractivity contribution in [2.45, 2.75) is 27.7 Å². The van der Waals surface area contributed by atoms with E-state index in [0.717, 1.165) is 22.7 Å². The molecule has 2 rings (SSSR count). The van der Waals surface area contributed by atoms with Crippen molar-refractivity contribution in [2.75, 3.05) is 22.9 Å². The zero-order chi connectivity index (χ0) is 21.4. The Hall–Kier alpha value is 0.553. The van der Waals surface area contributed by atoms with Gasteiger partial charge in [0.15, 0.2) is 0 Å². The van der Waals surface area contributed by atoms with Crippen molar-refractivity contribution >= 4 is 66.2 Å². The molecule has 0 saturated heterocycles. The van der Waals surface area contributed by atoms with Gasteiger partial charge in [0.1, 0.15) is 0 Å². The molecule has 1 N–H and O–H groups in total. The third-order valence-electron chi connectivity index (χ3n) is 3.53. The molecule has 161 valence electrons. The second-order valence-corrected chi connectivity index (χ2v) is 6.97. The van der Waals surface area contributed by atoms with Gasteiger partial charge in [0, 0.05) is 107 Å². The number of nitrogens with zero attached hydrogens (tertiary/aromatic N) is 2. The molecule has 0 saturated carbocycles. The first kappa shape index (κ1) is 39.8. The summed E-state index contributed by atoms with van der Waals surface area (Å²) in [5.74, 6) is -2.65. The molecule has 2 aromatic heterocycles. The fourth-order valence-electron chi connectivity index (χ4n) is 2.35. The van der Waals surface area contributed by atoms with Gasteiger partial charge in [-0.05, 0) is 18.7 Å². The van der Waals surface area contributed by atoms with E-state index in [1.807, 2.05) is 0 Å². The van der Waals surface area contributed by atoms with Crippen LogP contribution in [0.2, 0.25) is 0 Å². The van der Waals surface area contributed by atoms with E-state index in [4.69, 9.17) is 5.11 Å². The number of carboxylic acid groups (broad SMARTS) is 2. The van der Waals surface area contributed by atoms with Crippen LogP contribution >= 0.6 is 22.7 Å². The quantitative estimate of drug-likeness (QED) is 0.306. The van der Waals surface area contributed by atoms with Crippen molar-refractivity contribution in [1.82, 2.24) is 0 Å². The number of carbonyl (C=O) groups excluding carboxylic acids is 3. The molecule has 14 heteroatoms. The number of hydrogen-bond acceptors (Lipinski definition) is 7. The number of thiophene rings is 2. The van der Waals surface area contributed by atoms with Gasteiger partial charge < -0.3 is 24.8 Å². The van der Waals surface area contributed by atoms with E-state index < -0.39 is 11.9 Å². The van der Waals surface area contributed by atoms with E-state index in [1.54, 1.807) is 13.8 Å². The summed E-state index contributed by atoms with van der Waals surface area (Å²) in [6.07, 6.45) is 0. The average molecular weight is 635 g/mol. The molecule has 2 amide bonds. The SMILES string of the molecule is CCN(C(C)=O)c1c[c-]sc1C(=O)O.CCN(C(C)=O)c1c[c-]sc1C(=O)[O-].[B].[Na+].[Y].[Y]. The Labute approximate surface area is 270 Å². The molecule has 0 fully saturated rings. The number of aromatic carboxylic acids is 2. The van der Waals surface area contributed by atoms with E-state index in [2.05, 4.69) is 10.8 Å². The maximum Gasteiger partial charge on any atom is 1.00 e. The first-order valence-corrected chi connectivity index (χ1v) is 9.79. The average Bonchev–Trinajstić information content (AvgIpc) is 3.26. The normalized spacial score (nSPS) is 8.62. The van der Waals surface area contributed by atoms with Gasteiger partial charge in [-0.25, -0.2) is 0 Å². The van der Waals surface area contributed by atoms with Crippen LogP contribution in [0.25, 0.3) is 0 Å². The number of carbonyl (C=O) groups is 4. The summed E-state index contributed by atoms with van der Waals surface area (Å²) < 4.78 is 0. The van der Waals surface area contributed by atoms with Crippen LogP contribution in [0.15, 0.2) is 12.1 Å². The minimum absolute atomic E-state index is 0. The van der Waals surface area contributed by atoms with E-state index in [1.165, 1.54) is 35.8 Å². The fourth-order valence-corrected chi connectivity index (χ4v) is 3.64. The topological polar surface area (TPSA) is 118 Å². The maximum absolute atomic E-state index is 11.2. The first-order valence-electron chi connectivity index (χ1n) is 8.16. The van der Waals surface area contributed by atoms with E-state index in [-0.39, 0.29) is 125 Å². The van der Waals surface area contributed by atoms with Gasteiger partial charge in [-0.15, -0.1) is 10.8 Å². The van der Waals surface area contributed by atoms with Gasteiger partial charge in [0.25, 0.3) is 5.97 Å². The summed E-state index contributed by atoms with van der Waals surface area (Å²) >= 11 is 1.94. The third kappa shape index (κ3) is 11.3. The number of rotatable bonds is 6. The molecule has 2 heterocycles. The van der Waals surface area contributed by atoms with Crippen molar-refractivity contribution in [3.63, 3.8) is 0 Å². The summed E-state index contributed by atoms with van der Waals surface area (Å²) in [4.78, 5) is 46.8. The second-order valence-electron chi connectivity index (χ2n) is 5.28. The molecule has 2 aromatic rings. The van der Waals surface area contributed by atoms with E-state index in [9.17, 15) is 24.3 Å². The van der Waals surface area contributed by atoms with Crippen molar-refractivity contribution < 1.29 is 124 Å². The van der Waals surface area contributed by atoms with Gasteiger partial charge in [-0.3, -0.25) is 37.1 Å². The first-order chi connectivity index (χ1) is 13.1. The van der Waals surface area contributed by atoms with Gasteiger partial charge >= 0.3 is 29.6 Å². The van der Waals surface area contributed by atoms with Crippen LogP contribution in [-0.4, -0.2) is 50.4 Å². The van der Waals surface area contributed by atoms with Crippen LogP contribution in [0.1, 0.15) is 47.0 Å². The standard InChI is InChI=1S/2C9H10NO3S.B.Na.2Y/c2*1-3-10(6(2)11)7-4-5-14-8(7)9(12)13;;;;/h2*4H,3H2,1-2H3,(H,12,13);;;;/q2*-1;;+1;;/p-1.